The fraction of sp³-hybridized carbons (Fsp3) is 0.167. The lowest BCUT2D eigenvalue weighted by Crippen LogP contribution is -2.35. The Balaban J connectivity index is 1.50. The molecular weight excluding hydrogens is 357 g/mol. The number of anilines is 1. The largest absolute Gasteiger partial charge is 0.431 e. The fourth-order valence-electron chi connectivity index (χ4n) is 2.22. The SMILES string of the molecule is CN(CC(=O)Nc1cccc(F)c1)C(=O)CSc1nc2ccccc2o1. The molecule has 0 fully saturated rings. The number of hydrogen-bond donors (Lipinski definition) is 1. The number of fused-ring (bicyclic) bond motifs is 1. The van der Waals surface area contributed by atoms with Crippen molar-refractivity contribution in [2.45, 2.75) is 5.22 Å². The molecule has 2 aromatic carbocycles. The van der Waals surface area contributed by atoms with E-state index in [4.69, 9.17) is 4.42 Å². The maximum atomic E-state index is 13.1. The molecule has 1 N–H and O–H groups in total. The minimum atomic E-state index is -0.443. The van der Waals surface area contributed by atoms with Gasteiger partial charge in [0.05, 0.1) is 12.3 Å². The van der Waals surface area contributed by atoms with Gasteiger partial charge in [0.2, 0.25) is 11.8 Å². The van der Waals surface area contributed by atoms with Gasteiger partial charge in [-0.25, -0.2) is 9.37 Å². The highest BCUT2D eigenvalue weighted by atomic mass is 32.2. The second-order valence-electron chi connectivity index (χ2n) is 5.54. The van der Waals surface area contributed by atoms with Crippen molar-refractivity contribution in [1.29, 1.82) is 0 Å². The summed E-state index contributed by atoms with van der Waals surface area (Å²) in [5.41, 5.74) is 1.73. The highest BCUT2D eigenvalue weighted by Gasteiger charge is 2.15. The first-order chi connectivity index (χ1) is 12.5. The number of aromatic nitrogens is 1. The number of likely N-dealkylation sites (N-methyl/N-ethyl adjacent to an activating group) is 1. The van der Waals surface area contributed by atoms with Gasteiger partial charge in [0.1, 0.15) is 11.3 Å². The summed E-state index contributed by atoms with van der Waals surface area (Å²) < 4.78 is 18.6. The number of nitrogens with zero attached hydrogens (tertiary/aromatic N) is 2. The van der Waals surface area contributed by atoms with Gasteiger partial charge >= 0.3 is 0 Å². The Bertz CT molecular complexity index is 911. The van der Waals surface area contributed by atoms with Crippen LogP contribution in [0.2, 0.25) is 0 Å². The lowest BCUT2D eigenvalue weighted by atomic mass is 10.3. The number of benzene rings is 2. The first kappa shape index (κ1) is 17.9. The molecule has 0 aliphatic rings. The van der Waals surface area contributed by atoms with Crippen LogP contribution in [0.4, 0.5) is 10.1 Å². The van der Waals surface area contributed by atoms with Gasteiger partial charge in [-0.3, -0.25) is 9.59 Å². The fourth-order valence-corrected chi connectivity index (χ4v) is 3.00. The van der Waals surface area contributed by atoms with Crippen molar-refractivity contribution in [3.8, 4) is 0 Å². The Kier molecular flexibility index (Phi) is 5.52. The molecule has 8 heteroatoms. The number of rotatable bonds is 6. The van der Waals surface area contributed by atoms with E-state index in [1.54, 1.807) is 12.1 Å². The number of hydrogen-bond acceptors (Lipinski definition) is 5. The van der Waals surface area contributed by atoms with E-state index < -0.39 is 11.7 Å². The van der Waals surface area contributed by atoms with Gasteiger partial charge in [-0.15, -0.1) is 0 Å². The molecule has 0 aliphatic carbocycles. The molecule has 0 spiro atoms. The zero-order valence-electron chi connectivity index (χ0n) is 13.9. The van der Waals surface area contributed by atoms with Crippen LogP contribution in [-0.2, 0) is 9.59 Å². The van der Waals surface area contributed by atoms with Crippen molar-refractivity contribution in [2.24, 2.45) is 0 Å². The predicted molar refractivity (Wildman–Crippen MR) is 97.4 cm³/mol. The van der Waals surface area contributed by atoms with E-state index in [9.17, 15) is 14.0 Å². The van der Waals surface area contributed by atoms with Gasteiger partial charge in [-0.05, 0) is 30.3 Å². The summed E-state index contributed by atoms with van der Waals surface area (Å²) in [6, 6.07) is 12.9. The van der Waals surface area contributed by atoms with Gasteiger partial charge < -0.3 is 14.6 Å². The molecule has 0 unspecified atom stereocenters. The first-order valence-corrected chi connectivity index (χ1v) is 8.77. The topological polar surface area (TPSA) is 75.4 Å². The van der Waals surface area contributed by atoms with Gasteiger partial charge in [0, 0.05) is 12.7 Å². The zero-order valence-corrected chi connectivity index (χ0v) is 14.8. The number of carbonyl (C=O) groups excluding carboxylic acids is 2. The first-order valence-electron chi connectivity index (χ1n) is 7.79. The average molecular weight is 373 g/mol. The molecule has 0 atom stereocenters. The number of carbonyl (C=O) groups is 2. The van der Waals surface area contributed by atoms with E-state index in [0.29, 0.717) is 16.5 Å². The van der Waals surface area contributed by atoms with Gasteiger partial charge in [0.15, 0.2) is 5.58 Å². The van der Waals surface area contributed by atoms with Crippen molar-refractivity contribution in [3.05, 3.63) is 54.3 Å². The van der Waals surface area contributed by atoms with Gasteiger partial charge in [0.25, 0.3) is 5.22 Å². The molecule has 0 saturated carbocycles. The standard InChI is InChI=1S/C18H16FN3O3S/c1-22(10-16(23)20-13-6-4-5-12(19)9-13)17(24)11-26-18-21-14-7-2-3-8-15(14)25-18/h2-9H,10-11H2,1H3,(H,20,23). The van der Waals surface area contributed by atoms with Crippen molar-refractivity contribution in [3.63, 3.8) is 0 Å². The number of halogens is 1. The van der Waals surface area contributed by atoms with E-state index in [0.717, 1.165) is 5.52 Å². The molecule has 3 rings (SSSR count). The molecule has 0 aliphatic heterocycles. The Morgan fingerprint density at radius 1 is 1.23 bits per heavy atom. The summed E-state index contributed by atoms with van der Waals surface area (Å²) in [5, 5.41) is 2.95. The summed E-state index contributed by atoms with van der Waals surface area (Å²) in [6.45, 7) is -0.135. The average Bonchev–Trinajstić information content (AvgIpc) is 3.02. The van der Waals surface area contributed by atoms with Crippen molar-refractivity contribution in [1.82, 2.24) is 9.88 Å². The molecule has 2 amide bonds. The molecular formula is C18H16FN3O3S. The molecule has 134 valence electrons. The second kappa shape index (κ2) is 8.01. The molecule has 1 heterocycles. The predicted octanol–water partition coefficient (Wildman–Crippen LogP) is 3.16. The molecule has 0 bridgehead atoms. The third-order valence-electron chi connectivity index (χ3n) is 3.51. The molecule has 0 saturated heterocycles. The van der Waals surface area contributed by atoms with Crippen LogP contribution in [0.5, 0.6) is 0 Å². The van der Waals surface area contributed by atoms with E-state index in [1.165, 1.54) is 41.9 Å². The van der Waals surface area contributed by atoms with Crippen LogP contribution >= 0.6 is 11.8 Å². The lowest BCUT2D eigenvalue weighted by molar-refractivity contribution is -0.131. The van der Waals surface area contributed by atoms with Gasteiger partial charge in [-0.1, -0.05) is 30.0 Å². The number of thioether (sulfide) groups is 1. The highest BCUT2D eigenvalue weighted by molar-refractivity contribution is 7.99. The minimum Gasteiger partial charge on any atom is -0.431 e. The third-order valence-corrected chi connectivity index (χ3v) is 4.32. The van der Waals surface area contributed by atoms with E-state index in [-0.39, 0.29) is 18.2 Å². The molecule has 3 aromatic rings. The van der Waals surface area contributed by atoms with Crippen LogP contribution in [0.25, 0.3) is 11.1 Å². The number of nitrogens with one attached hydrogen (secondary N) is 1. The summed E-state index contributed by atoms with van der Waals surface area (Å²) in [7, 11) is 1.53. The smallest absolute Gasteiger partial charge is 0.257 e. The minimum absolute atomic E-state index is 0.0938. The summed E-state index contributed by atoms with van der Waals surface area (Å²) in [4.78, 5) is 29.7. The Morgan fingerprint density at radius 2 is 2.04 bits per heavy atom. The Morgan fingerprint density at radius 3 is 2.81 bits per heavy atom. The third kappa shape index (κ3) is 4.60. The lowest BCUT2D eigenvalue weighted by Gasteiger charge is -2.16. The van der Waals surface area contributed by atoms with E-state index in [1.807, 2.05) is 18.2 Å². The molecule has 1 aromatic heterocycles. The highest BCUT2D eigenvalue weighted by Crippen LogP contribution is 2.23. The van der Waals surface area contributed by atoms with Crippen LogP contribution in [-0.4, -0.2) is 41.0 Å². The normalized spacial score (nSPS) is 10.7. The Labute approximate surface area is 153 Å². The number of oxazole rings is 1. The van der Waals surface area contributed by atoms with Crippen molar-refractivity contribution >= 4 is 40.4 Å². The maximum absolute atomic E-state index is 13.1. The summed E-state index contributed by atoms with van der Waals surface area (Å²) >= 11 is 1.17. The zero-order chi connectivity index (χ0) is 18.5. The second-order valence-corrected chi connectivity index (χ2v) is 6.47. The van der Waals surface area contributed by atoms with Crippen molar-refractivity contribution < 1.29 is 18.4 Å². The van der Waals surface area contributed by atoms with Crippen LogP contribution in [0, 0.1) is 5.82 Å². The van der Waals surface area contributed by atoms with E-state index in [2.05, 4.69) is 10.3 Å². The van der Waals surface area contributed by atoms with Crippen LogP contribution in [0.15, 0.2) is 58.2 Å². The molecule has 0 radical (unpaired) electrons. The van der Waals surface area contributed by atoms with Crippen LogP contribution < -0.4 is 5.32 Å². The summed E-state index contributed by atoms with van der Waals surface area (Å²) in [6.07, 6.45) is 0. The van der Waals surface area contributed by atoms with Gasteiger partial charge in [-0.2, -0.15) is 0 Å². The molecule has 6 nitrogen and oxygen atoms in total. The van der Waals surface area contributed by atoms with E-state index >= 15 is 0 Å². The number of para-hydroxylation sites is 2. The monoisotopic (exact) mass is 373 g/mol. The van der Waals surface area contributed by atoms with Crippen molar-refractivity contribution in [2.75, 3.05) is 24.7 Å². The quantitative estimate of drug-likeness (QED) is 0.672. The Hall–Kier alpha value is -2.87. The summed E-state index contributed by atoms with van der Waals surface area (Å²) in [5.74, 6) is -0.997. The maximum Gasteiger partial charge on any atom is 0.257 e. The van der Waals surface area contributed by atoms with Crippen LogP contribution in [0.3, 0.4) is 0 Å². The van der Waals surface area contributed by atoms with Crippen LogP contribution in [0.1, 0.15) is 0 Å². The molecule has 26 heavy (non-hydrogen) atoms. The number of amides is 2.